The van der Waals surface area contributed by atoms with Gasteiger partial charge in [0.15, 0.2) is 11.3 Å². The van der Waals surface area contributed by atoms with Crippen molar-refractivity contribution in [3.8, 4) is 0 Å². The average Bonchev–Trinajstić information content (AvgIpc) is 3.50. The zero-order valence-electron chi connectivity index (χ0n) is 23.6. The zero-order chi connectivity index (χ0) is 30.4. The number of aromatic nitrogens is 5. The van der Waals surface area contributed by atoms with E-state index in [2.05, 4.69) is 26.0 Å². The molecule has 11 nitrogen and oxygen atoms in total. The van der Waals surface area contributed by atoms with Crippen LogP contribution in [0.15, 0.2) is 23.1 Å². The fraction of sp³-hybridized carbons (Fsp3) is 0.643. The van der Waals surface area contributed by atoms with Gasteiger partial charge < -0.3 is 15.4 Å². The van der Waals surface area contributed by atoms with Gasteiger partial charge in [0.1, 0.15) is 5.69 Å². The summed E-state index contributed by atoms with van der Waals surface area (Å²) in [7, 11) is 1.48. The number of hydrogen-bond donors (Lipinski definition) is 2. The van der Waals surface area contributed by atoms with Crippen molar-refractivity contribution in [2.24, 2.45) is 11.8 Å². The molecule has 3 saturated carbocycles. The smallest absolute Gasteiger partial charge is 0.276 e. The average molecular weight is 608 g/mol. The Labute approximate surface area is 244 Å². The van der Waals surface area contributed by atoms with Crippen LogP contribution in [0.5, 0.6) is 0 Å². The number of halogens is 4. The summed E-state index contributed by atoms with van der Waals surface area (Å²) in [6.45, 7) is 0.113. The van der Waals surface area contributed by atoms with Gasteiger partial charge in [-0.3, -0.25) is 9.59 Å². The van der Waals surface area contributed by atoms with Crippen molar-refractivity contribution in [2.75, 3.05) is 13.7 Å². The van der Waals surface area contributed by atoms with Crippen molar-refractivity contribution in [3.63, 3.8) is 0 Å². The van der Waals surface area contributed by atoms with Crippen molar-refractivity contribution in [2.45, 2.75) is 87.6 Å². The summed E-state index contributed by atoms with van der Waals surface area (Å²) in [6.07, 6.45) is 4.12. The number of ether oxygens (including phenoxy) is 1. The Hall–Kier alpha value is -3.62. The Morgan fingerprint density at radius 1 is 1.09 bits per heavy atom. The Bertz CT molecular complexity index is 1470. The lowest BCUT2D eigenvalue weighted by molar-refractivity contribution is -0.134. The van der Waals surface area contributed by atoms with Gasteiger partial charge in [-0.25, -0.2) is 31.7 Å². The van der Waals surface area contributed by atoms with Gasteiger partial charge in [0, 0.05) is 50.7 Å². The molecule has 43 heavy (non-hydrogen) atoms. The first-order valence-electron chi connectivity index (χ1n) is 14.5. The largest absolute Gasteiger partial charge is 0.382 e. The van der Waals surface area contributed by atoms with Gasteiger partial charge >= 0.3 is 0 Å². The first-order chi connectivity index (χ1) is 20.5. The van der Waals surface area contributed by atoms with E-state index in [1.807, 2.05) is 0 Å². The molecule has 3 fully saturated rings. The number of alkyl halides is 4. The number of rotatable bonds is 11. The monoisotopic (exact) mass is 607 g/mol. The minimum atomic E-state index is -2.75. The summed E-state index contributed by atoms with van der Waals surface area (Å²) in [5, 5.41) is 17.9. The fourth-order valence-electron chi connectivity index (χ4n) is 6.10. The second-order valence-corrected chi connectivity index (χ2v) is 12.1. The normalized spacial score (nSPS) is 21.7. The van der Waals surface area contributed by atoms with Crippen LogP contribution in [0.3, 0.4) is 0 Å². The van der Waals surface area contributed by atoms with Gasteiger partial charge in [-0.05, 0) is 48.7 Å². The molecule has 3 aliphatic rings. The van der Waals surface area contributed by atoms with E-state index in [0.29, 0.717) is 22.6 Å². The zero-order valence-corrected chi connectivity index (χ0v) is 23.6. The number of nitrogens with one attached hydrogen (secondary N) is 2. The Kier molecular flexibility index (Phi) is 7.86. The van der Waals surface area contributed by atoms with Gasteiger partial charge in [0.2, 0.25) is 17.8 Å². The third-order valence-electron chi connectivity index (χ3n) is 8.61. The van der Waals surface area contributed by atoms with E-state index in [9.17, 15) is 27.2 Å². The van der Waals surface area contributed by atoms with Crippen LogP contribution in [0.4, 0.5) is 17.6 Å². The van der Waals surface area contributed by atoms with Crippen LogP contribution in [0.2, 0.25) is 0 Å². The van der Waals surface area contributed by atoms with Crippen LogP contribution < -0.4 is 10.6 Å². The molecule has 2 atom stereocenters. The summed E-state index contributed by atoms with van der Waals surface area (Å²) in [5.41, 5.74) is 2.01. The van der Waals surface area contributed by atoms with Gasteiger partial charge in [-0.15, -0.1) is 0 Å². The van der Waals surface area contributed by atoms with Crippen molar-refractivity contribution >= 4 is 17.5 Å². The maximum absolute atomic E-state index is 14.0. The molecular weight excluding hydrogens is 574 g/mol. The Balaban J connectivity index is 1.22. The van der Waals surface area contributed by atoms with Crippen molar-refractivity contribution < 1.29 is 36.5 Å². The number of imidazole rings is 1. The second kappa shape index (κ2) is 11.5. The molecule has 3 aromatic rings. The molecule has 232 valence electrons. The summed E-state index contributed by atoms with van der Waals surface area (Å²) < 4.78 is 66.1. The molecule has 2 N–H and O–H groups in total. The summed E-state index contributed by atoms with van der Waals surface area (Å²) in [4.78, 5) is 30.6. The molecule has 3 aromatic heterocycles. The lowest BCUT2D eigenvalue weighted by atomic mass is 9.79. The van der Waals surface area contributed by atoms with Gasteiger partial charge in [0.05, 0.1) is 36.8 Å². The first-order valence-corrected chi connectivity index (χ1v) is 14.5. The highest BCUT2D eigenvalue weighted by molar-refractivity contribution is 5.93. The summed E-state index contributed by atoms with van der Waals surface area (Å²) in [5.74, 6) is -6.89. The molecule has 3 heterocycles. The maximum Gasteiger partial charge on any atom is 0.276 e. The second-order valence-electron chi connectivity index (χ2n) is 12.1. The van der Waals surface area contributed by atoms with E-state index in [0.717, 1.165) is 12.8 Å². The highest BCUT2D eigenvalue weighted by atomic mass is 19.3. The molecule has 0 aliphatic heterocycles. The SMILES string of the molecule is COC[C@@H](NC(=O)CC1CC(F)(F)C1)c1cnn2cc([C@@H](NC(=O)c3nonc3C3CC3)C3CCC(F)(F)CC3)nc2c1. The molecule has 0 radical (unpaired) electrons. The number of carbonyl (C=O) groups is 2. The fourth-order valence-corrected chi connectivity index (χ4v) is 6.10. The van der Waals surface area contributed by atoms with E-state index in [4.69, 9.17) is 14.3 Å². The predicted molar refractivity (Wildman–Crippen MR) is 141 cm³/mol. The summed E-state index contributed by atoms with van der Waals surface area (Å²) >= 11 is 0. The molecule has 0 aromatic carbocycles. The van der Waals surface area contributed by atoms with Crippen LogP contribution in [0, 0.1) is 11.8 Å². The van der Waals surface area contributed by atoms with Gasteiger partial charge in [0.25, 0.3) is 5.91 Å². The Morgan fingerprint density at radius 3 is 2.51 bits per heavy atom. The molecule has 2 amide bonds. The van der Waals surface area contributed by atoms with Crippen molar-refractivity contribution in [1.82, 2.24) is 35.5 Å². The third kappa shape index (κ3) is 6.65. The number of fused-ring (bicyclic) bond motifs is 1. The van der Waals surface area contributed by atoms with Crippen LogP contribution in [0.25, 0.3) is 5.65 Å². The van der Waals surface area contributed by atoms with Crippen molar-refractivity contribution in [3.05, 3.63) is 41.1 Å². The van der Waals surface area contributed by atoms with Crippen LogP contribution >= 0.6 is 0 Å². The van der Waals surface area contributed by atoms with E-state index >= 15 is 0 Å². The minimum Gasteiger partial charge on any atom is -0.382 e. The molecule has 0 bridgehead atoms. The number of methoxy groups -OCH3 is 1. The number of carbonyl (C=O) groups excluding carboxylic acids is 2. The first kappa shape index (κ1) is 29.5. The minimum absolute atomic E-state index is 0.00961. The van der Waals surface area contributed by atoms with Crippen LogP contribution in [0.1, 0.15) is 103 Å². The van der Waals surface area contributed by atoms with Gasteiger partial charge in [-0.1, -0.05) is 5.16 Å². The van der Waals surface area contributed by atoms with E-state index in [-0.39, 0.29) is 80.9 Å². The standard InChI is InChI=1S/C28H33F4N7O4/c1-42-14-20(35-22(40)8-15-10-28(31,32)11-15)18-9-21-34-19(13-39(21)33-12-18)23(17-4-6-27(29,30)7-5-17)36-26(41)25-24(16-2-3-16)37-43-38-25/h9,12-13,15-17,20,23H,2-8,10-11,14H2,1H3,(H,35,40)(H,36,41)/t20-,23+/m1/s1. The molecule has 0 spiro atoms. The lowest BCUT2D eigenvalue weighted by Crippen LogP contribution is -2.40. The number of amides is 2. The maximum atomic E-state index is 14.0. The van der Waals surface area contributed by atoms with Crippen LogP contribution in [-0.4, -0.2) is 62.3 Å². The van der Waals surface area contributed by atoms with E-state index < -0.39 is 29.8 Å². The highest BCUT2D eigenvalue weighted by Crippen LogP contribution is 2.44. The lowest BCUT2D eigenvalue weighted by Gasteiger charge is -2.34. The van der Waals surface area contributed by atoms with E-state index in [1.54, 1.807) is 12.3 Å². The molecule has 3 aliphatic carbocycles. The molecular formula is C28H33F4N7O4. The molecule has 0 unspecified atom stereocenters. The van der Waals surface area contributed by atoms with Crippen LogP contribution in [-0.2, 0) is 9.53 Å². The van der Waals surface area contributed by atoms with E-state index in [1.165, 1.54) is 17.8 Å². The summed E-state index contributed by atoms with van der Waals surface area (Å²) in [6, 6.07) is 0.401. The predicted octanol–water partition coefficient (Wildman–Crippen LogP) is 4.53. The number of hydrogen-bond acceptors (Lipinski definition) is 8. The Morgan fingerprint density at radius 2 is 1.84 bits per heavy atom. The number of nitrogens with zero attached hydrogens (tertiary/aromatic N) is 5. The quantitative estimate of drug-likeness (QED) is 0.304. The molecule has 0 saturated heterocycles. The third-order valence-corrected chi connectivity index (χ3v) is 8.61. The molecule has 6 rings (SSSR count). The highest BCUT2D eigenvalue weighted by Gasteiger charge is 2.46. The molecule has 15 heteroatoms. The topological polar surface area (TPSA) is 137 Å². The van der Waals surface area contributed by atoms with Crippen molar-refractivity contribution in [1.29, 1.82) is 0 Å². The van der Waals surface area contributed by atoms with Gasteiger partial charge in [-0.2, -0.15) is 5.10 Å².